The van der Waals surface area contributed by atoms with Gasteiger partial charge in [0.25, 0.3) is 5.91 Å². The van der Waals surface area contributed by atoms with Gasteiger partial charge in [-0.25, -0.2) is 0 Å². The zero-order valence-electron chi connectivity index (χ0n) is 10.7. The van der Waals surface area contributed by atoms with Gasteiger partial charge in [-0.15, -0.1) is 0 Å². The van der Waals surface area contributed by atoms with Crippen molar-refractivity contribution in [3.63, 3.8) is 0 Å². The normalized spacial score (nSPS) is 16.1. The minimum atomic E-state index is -0.172. The van der Waals surface area contributed by atoms with Gasteiger partial charge in [0.15, 0.2) is 0 Å². The first-order valence-electron chi connectivity index (χ1n) is 6.34. The molecular weight excluding hydrogens is 232 g/mol. The third-order valence-electron chi connectivity index (χ3n) is 3.30. The van der Waals surface area contributed by atoms with Crippen molar-refractivity contribution < 1.29 is 9.53 Å². The number of anilines is 1. The maximum absolute atomic E-state index is 12.1. The molecule has 18 heavy (non-hydrogen) atoms. The first-order valence-corrected chi connectivity index (χ1v) is 6.34. The van der Waals surface area contributed by atoms with Gasteiger partial charge in [-0.05, 0) is 12.8 Å². The molecule has 1 fully saturated rings. The quantitative estimate of drug-likeness (QED) is 0.765. The van der Waals surface area contributed by atoms with Gasteiger partial charge in [-0.2, -0.15) is 5.10 Å². The van der Waals surface area contributed by atoms with Gasteiger partial charge in [0, 0.05) is 13.7 Å². The maximum Gasteiger partial charge on any atom is 0.271 e. The molecule has 0 spiro atoms. The Labute approximate surface area is 106 Å². The average molecular weight is 252 g/mol. The van der Waals surface area contributed by atoms with E-state index in [-0.39, 0.29) is 5.91 Å². The lowest BCUT2D eigenvalue weighted by molar-refractivity contribution is 0.0924. The highest BCUT2D eigenvalue weighted by Gasteiger charge is 2.24. The monoisotopic (exact) mass is 252 g/mol. The van der Waals surface area contributed by atoms with Gasteiger partial charge in [-0.3, -0.25) is 9.48 Å². The number of nitrogen functional groups attached to an aromatic ring is 1. The van der Waals surface area contributed by atoms with E-state index in [2.05, 4.69) is 10.4 Å². The minimum Gasteiger partial charge on any atom is -0.396 e. The molecule has 0 atom stereocenters. The van der Waals surface area contributed by atoms with E-state index in [1.54, 1.807) is 18.0 Å². The fourth-order valence-electron chi connectivity index (χ4n) is 2.39. The highest BCUT2D eigenvalue weighted by Crippen LogP contribution is 2.31. The second kappa shape index (κ2) is 5.86. The smallest absolute Gasteiger partial charge is 0.271 e. The van der Waals surface area contributed by atoms with Crippen molar-refractivity contribution >= 4 is 11.6 Å². The lowest BCUT2D eigenvalue weighted by Crippen LogP contribution is -2.30. The summed E-state index contributed by atoms with van der Waals surface area (Å²) in [6, 6.07) is 0.311. The summed E-state index contributed by atoms with van der Waals surface area (Å²) in [6.45, 7) is 0.966. The molecule has 1 aromatic heterocycles. The third-order valence-corrected chi connectivity index (χ3v) is 3.30. The molecule has 0 radical (unpaired) electrons. The summed E-state index contributed by atoms with van der Waals surface area (Å²) in [4.78, 5) is 12.1. The number of nitrogens with one attached hydrogen (secondary N) is 1. The average Bonchev–Trinajstić information content (AvgIpc) is 2.97. The Morgan fingerprint density at radius 1 is 1.61 bits per heavy atom. The molecule has 1 amide bonds. The number of nitrogens with two attached hydrogens (primary N) is 1. The summed E-state index contributed by atoms with van der Waals surface area (Å²) in [5, 5.41) is 7.03. The van der Waals surface area contributed by atoms with Crippen LogP contribution in [0, 0.1) is 0 Å². The molecule has 6 nitrogen and oxygen atoms in total. The summed E-state index contributed by atoms with van der Waals surface area (Å²) in [7, 11) is 1.60. The molecule has 1 aliphatic carbocycles. The van der Waals surface area contributed by atoms with Crippen LogP contribution < -0.4 is 11.1 Å². The van der Waals surface area contributed by atoms with E-state index < -0.39 is 0 Å². The summed E-state index contributed by atoms with van der Waals surface area (Å²) in [5.41, 5.74) is 6.76. The molecule has 0 unspecified atom stereocenters. The van der Waals surface area contributed by atoms with Crippen LogP contribution in [-0.4, -0.2) is 35.9 Å². The van der Waals surface area contributed by atoms with Gasteiger partial charge >= 0.3 is 0 Å². The number of ether oxygens (including phenoxy) is 1. The number of amides is 1. The molecule has 6 heteroatoms. The minimum absolute atomic E-state index is 0.172. The van der Waals surface area contributed by atoms with Crippen molar-refractivity contribution in [2.45, 2.75) is 31.7 Å². The summed E-state index contributed by atoms with van der Waals surface area (Å²) in [6.07, 6.45) is 6.08. The topological polar surface area (TPSA) is 82.2 Å². The number of carbonyl (C=O) groups is 1. The number of rotatable bonds is 5. The summed E-state index contributed by atoms with van der Waals surface area (Å²) < 4.78 is 6.68. The summed E-state index contributed by atoms with van der Waals surface area (Å²) in [5.74, 6) is -0.172. The zero-order chi connectivity index (χ0) is 13.0. The zero-order valence-corrected chi connectivity index (χ0v) is 10.7. The number of nitrogens with zero attached hydrogens (tertiary/aromatic N) is 2. The van der Waals surface area contributed by atoms with Crippen LogP contribution in [0.5, 0.6) is 0 Å². The van der Waals surface area contributed by atoms with E-state index in [1.807, 2.05) is 0 Å². The molecule has 0 saturated heterocycles. The van der Waals surface area contributed by atoms with Crippen molar-refractivity contribution in [3.05, 3.63) is 11.9 Å². The van der Waals surface area contributed by atoms with Crippen molar-refractivity contribution in [1.29, 1.82) is 0 Å². The van der Waals surface area contributed by atoms with E-state index in [1.165, 1.54) is 12.8 Å². The molecule has 1 heterocycles. The number of hydrogen-bond donors (Lipinski definition) is 2. The number of carbonyl (C=O) groups excluding carboxylic acids is 1. The Balaban J connectivity index is 2.10. The van der Waals surface area contributed by atoms with Crippen LogP contribution in [0.2, 0.25) is 0 Å². The fraction of sp³-hybridized carbons (Fsp3) is 0.667. The lowest BCUT2D eigenvalue weighted by atomic mass is 10.2. The van der Waals surface area contributed by atoms with Crippen molar-refractivity contribution in [1.82, 2.24) is 15.1 Å². The highest BCUT2D eigenvalue weighted by molar-refractivity contribution is 5.97. The van der Waals surface area contributed by atoms with Crippen LogP contribution in [-0.2, 0) is 4.74 Å². The second-order valence-electron chi connectivity index (χ2n) is 4.58. The Morgan fingerprint density at radius 3 is 3.00 bits per heavy atom. The van der Waals surface area contributed by atoms with Crippen LogP contribution in [0.3, 0.4) is 0 Å². The Hall–Kier alpha value is -1.56. The van der Waals surface area contributed by atoms with Crippen LogP contribution in [0.4, 0.5) is 5.69 Å². The van der Waals surface area contributed by atoms with Gasteiger partial charge in [0.2, 0.25) is 0 Å². The molecule has 1 saturated carbocycles. The second-order valence-corrected chi connectivity index (χ2v) is 4.58. The first kappa shape index (κ1) is 12.9. The molecule has 0 bridgehead atoms. The van der Waals surface area contributed by atoms with Gasteiger partial charge in [-0.1, -0.05) is 12.8 Å². The fourth-order valence-corrected chi connectivity index (χ4v) is 2.39. The number of aromatic nitrogens is 2. The Morgan fingerprint density at radius 2 is 2.33 bits per heavy atom. The van der Waals surface area contributed by atoms with Crippen molar-refractivity contribution in [3.8, 4) is 0 Å². The van der Waals surface area contributed by atoms with Gasteiger partial charge in [0.05, 0.1) is 24.5 Å². The number of methoxy groups -OCH3 is 1. The largest absolute Gasteiger partial charge is 0.396 e. The third kappa shape index (κ3) is 2.64. The van der Waals surface area contributed by atoms with Gasteiger partial charge in [0.1, 0.15) is 5.69 Å². The Bertz CT molecular complexity index is 410. The maximum atomic E-state index is 12.1. The van der Waals surface area contributed by atoms with Crippen LogP contribution in [0.1, 0.15) is 42.2 Å². The van der Waals surface area contributed by atoms with Crippen molar-refractivity contribution in [2.75, 3.05) is 26.0 Å². The van der Waals surface area contributed by atoms with Crippen LogP contribution in [0.15, 0.2) is 6.20 Å². The molecular formula is C12H20N4O2. The number of hydrogen-bond acceptors (Lipinski definition) is 4. The van der Waals surface area contributed by atoms with E-state index >= 15 is 0 Å². The SMILES string of the molecule is COCCNC(=O)c1c(N)cnn1C1CCCC1. The molecule has 1 aliphatic rings. The lowest BCUT2D eigenvalue weighted by Gasteiger charge is -2.14. The molecule has 0 aliphatic heterocycles. The molecule has 1 aromatic rings. The molecule has 0 aromatic carbocycles. The predicted molar refractivity (Wildman–Crippen MR) is 68.4 cm³/mol. The predicted octanol–water partition coefficient (Wildman–Crippen LogP) is 0.957. The van der Waals surface area contributed by atoms with Crippen LogP contribution >= 0.6 is 0 Å². The van der Waals surface area contributed by atoms with E-state index in [4.69, 9.17) is 10.5 Å². The highest BCUT2D eigenvalue weighted by atomic mass is 16.5. The van der Waals surface area contributed by atoms with Crippen LogP contribution in [0.25, 0.3) is 0 Å². The molecule has 3 N–H and O–H groups in total. The van der Waals surface area contributed by atoms with E-state index in [9.17, 15) is 4.79 Å². The molecule has 2 rings (SSSR count). The first-order chi connectivity index (χ1) is 8.74. The van der Waals surface area contributed by atoms with Crippen molar-refractivity contribution in [2.24, 2.45) is 0 Å². The van der Waals surface area contributed by atoms with E-state index in [0.717, 1.165) is 12.8 Å². The van der Waals surface area contributed by atoms with Gasteiger partial charge < -0.3 is 15.8 Å². The van der Waals surface area contributed by atoms with E-state index in [0.29, 0.717) is 30.6 Å². The summed E-state index contributed by atoms with van der Waals surface area (Å²) >= 11 is 0. The standard InChI is InChI=1S/C12H20N4O2/c1-18-7-6-14-12(17)11-10(13)8-15-16(11)9-4-2-3-5-9/h8-9H,2-7,13H2,1H3,(H,14,17). The molecule has 100 valence electrons. The Kier molecular flexibility index (Phi) is 4.19.